The zero-order valence-corrected chi connectivity index (χ0v) is 20.0. The first kappa shape index (κ1) is 26.1. The maximum atomic E-state index is 12.4. The first-order valence-corrected chi connectivity index (χ1v) is 10.4. The molecule has 33 heavy (non-hydrogen) atoms. The molecule has 0 fully saturated rings. The summed E-state index contributed by atoms with van der Waals surface area (Å²) in [4.78, 5) is 36.4. The quantitative estimate of drug-likeness (QED) is 0.483. The van der Waals surface area contributed by atoms with Crippen molar-refractivity contribution in [1.29, 1.82) is 0 Å². The highest BCUT2D eigenvalue weighted by molar-refractivity contribution is 6.42. The maximum absolute atomic E-state index is 12.4. The molecule has 0 heterocycles. The molecule has 9 nitrogen and oxygen atoms in total. The Bertz CT molecular complexity index is 1000. The lowest BCUT2D eigenvalue weighted by atomic mass is 10.1. The number of halogens is 2. The Balaban J connectivity index is 1.85. The molecule has 1 atom stereocenters. The predicted octanol–water partition coefficient (Wildman–Crippen LogP) is 3.17. The van der Waals surface area contributed by atoms with Gasteiger partial charge < -0.3 is 29.6 Å². The van der Waals surface area contributed by atoms with Crippen LogP contribution in [0, 0.1) is 0 Å². The smallest absolute Gasteiger partial charge is 0.325 e. The molecule has 2 amide bonds. The Morgan fingerprint density at radius 2 is 1.58 bits per heavy atom. The van der Waals surface area contributed by atoms with Gasteiger partial charge in [-0.15, -0.1) is 0 Å². The molecule has 0 saturated heterocycles. The van der Waals surface area contributed by atoms with Gasteiger partial charge in [0, 0.05) is 5.56 Å². The molecule has 0 aliphatic heterocycles. The average molecular weight is 499 g/mol. The second-order valence-electron chi connectivity index (χ2n) is 6.72. The Morgan fingerprint density at radius 1 is 0.939 bits per heavy atom. The minimum Gasteiger partial charge on any atom is -0.493 e. The Morgan fingerprint density at radius 3 is 2.12 bits per heavy atom. The molecule has 2 N–H and O–H groups in total. The fourth-order valence-electron chi connectivity index (χ4n) is 2.81. The van der Waals surface area contributed by atoms with Crippen LogP contribution in [0.2, 0.25) is 10.0 Å². The van der Waals surface area contributed by atoms with E-state index in [0.29, 0.717) is 15.8 Å². The van der Waals surface area contributed by atoms with Crippen molar-refractivity contribution < 1.29 is 33.3 Å². The van der Waals surface area contributed by atoms with Gasteiger partial charge in [-0.1, -0.05) is 29.3 Å². The number of methoxy groups -OCH3 is 3. The van der Waals surface area contributed by atoms with Crippen molar-refractivity contribution in [3.8, 4) is 17.2 Å². The van der Waals surface area contributed by atoms with Crippen LogP contribution in [0.3, 0.4) is 0 Å². The lowest BCUT2D eigenvalue weighted by Crippen LogP contribution is -2.34. The average Bonchev–Trinajstić information content (AvgIpc) is 2.81. The highest BCUT2D eigenvalue weighted by Crippen LogP contribution is 2.38. The van der Waals surface area contributed by atoms with Crippen molar-refractivity contribution in [2.45, 2.75) is 13.0 Å². The van der Waals surface area contributed by atoms with Gasteiger partial charge >= 0.3 is 5.97 Å². The molecule has 11 heteroatoms. The highest BCUT2D eigenvalue weighted by atomic mass is 35.5. The van der Waals surface area contributed by atoms with Gasteiger partial charge in [0.05, 0.1) is 37.4 Å². The summed E-state index contributed by atoms with van der Waals surface area (Å²) in [5.41, 5.74) is 0.923. The summed E-state index contributed by atoms with van der Waals surface area (Å²) < 4.78 is 20.5. The van der Waals surface area contributed by atoms with Crippen LogP contribution in [0.1, 0.15) is 28.9 Å². The summed E-state index contributed by atoms with van der Waals surface area (Å²) in [6.45, 7) is 0.798. The fourth-order valence-corrected chi connectivity index (χ4v) is 3.12. The number of nitrogens with one attached hydrogen (secondary N) is 2. The molecule has 2 aromatic carbocycles. The van der Waals surface area contributed by atoms with Crippen molar-refractivity contribution in [2.75, 3.05) is 34.5 Å². The molecule has 0 bridgehead atoms. The van der Waals surface area contributed by atoms with E-state index in [0.717, 1.165) is 5.56 Å². The third-order valence-corrected chi connectivity index (χ3v) is 5.24. The van der Waals surface area contributed by atoms with E-state index in [1.165, 1.54) is 33.5 Å². The van der Waals surface area contributed by atoms with Crippen LogP contribution in [-0.4, -0.2) is 52.3 Å². The molecule has 2 rings (SSSR count). The van der Waals surface area contributed by atoms with E-state index >= 15 is 0 Å². The van der Waals surface area contributed by atoms with E-state index in [4.69, 9.17) is 42.1 Å². The molecule has 0 aliphatic carbocycles. The van der Waals surface area contributed by atoms with Gasteiger partial charge in [-0.05, 0) is 36.8 Å². The molecule has 1 unspecified atom stereocenters. The minimum atomic E-state index is -0.784. The molecular formula is C22H24Cl2N2O7. The third kappa shape index (κ3) is 7.16. The predicted molar refractivity (Wildman–Crippen MR) is 122 cm³/mol. The summed E-state index contributed by atoms with van der Waals surface area (Å²) >= 11 is 11.9. The van der Waals surface area contributed by atoms with Crippen LogP contribution in [0.25, 0.3) is 0 Å². The van der Waals surface area contributed by atoms with Crippen LogP contribution in [0.5, 0.6) is 17.2 Å². The fraction of sp³-hybridized carbons (Fsp3) is 0.318. The number of hydrogen-bond donors (Lipinski definition) is 2. The standard InChI is InChI=1S/C22H24Cl2N2O7/c1-12(13-5-6-15(23)16(24)7-13)26-19(27)11-33-20(28)10-25-22(29)14-8-17(30-2)21(32-4)18(9-14)31-3/h5-9,12H,10-11H2,1-4H3,(H,25,29)(H,26,27). The molecule has 2 aromatic rings. The van der Waals surface area contributed by atoms with E-state index in [1.807, 2.05) is 0 Å². The topological polar surface area (TPSA) is 112 Å². The number of rotatable bonds is 10. The largest absolute Gasteiger partial charge is 0.493 e. The van der Waals surface area contributed by atoms with E-state index < -0.39 is 30.9 Å². The molecule has 178 valence electrons. The normalized spacial score (nSPS) is 11.2. The monoisotopic (exact) mass is 498 g/mol. The molecule has 0 saturated carbocycles. The zero-order chi connectivity index (χ0) is 24.5. The third-order valence-electron chi connectivity index (χ3n) is 4.51. The Labute approximate surface area is 201 Å². The summed E-state index contributed by atoms with van der Waals surface area (Å²) in [6, 6.07) is 7.49. The summed E-state index contributed by atoms with van der Waals surface area (Å²) in [5, 5.41) is 5.87. The number of benzene rings is 2. The van der Waals surface area contributed by atoms with Crippen LogP contribution >= 0.6 is 23.2 Å². The van der Waals surface area contributed by atoms with Crippen molar-refractivity contribution >= 4 is 41.0 Å². The Kier molecular flexibility index (Phi) is 9.62. The summed E-state index contributed by atoms with van der Waals surface area (Å²) in [5.74, 6) is -0.957. The number of carbonyl (C=O) groups is 3. The highest BCUT2D eigenvalue weighted by Gasteiger charge is 2.18. The van der Waals surface area contributed by atoms with Crippen molar-refractivity contribution in [3.63, 3.8) is 0 Å². The van der Waals surface area contributed by atoms with Crippen molar-refractivity contribution in [3.05, 3.63) is 51.5 Å². The SMILES string of the molecule is COc1cc(C(=O)NCC(=O)OCC(=O)NC(C)c2ccc(Cl)c(Cl)c2)cc(OC)c1OC. The molecule has 0 aromatic heterocycles. The van der Waals surface area contributed by atoms with Gasteiger partial charge in [0.2, 0.25) is 5.75 Å². The van der Waals surface area contributed by atoms with E-state index in [1.54, 1.807) is 25.1 Å². The number of ether oxygens (including phenoxy) is 4. The van der Waals surface area contributed by atoms with Crippen LogP contribution in [0.15, 0.2) is 30.3 Å². The van der Waals surface area contributed by atoms with Gasteiger partial charge in [-0.25, -0.2) is 0 Å². The molecular weight excluding hydrogens is 475 g/mol. The number of carbonyl (C=O) groups excluding carboxylic acids is 3. The minimum absolute atomic E-state index is 0.186. The second kappa shape index (κ2) is 12.2. The number of hydrogen-bond acceptors (Lipinski definition) is 7. The maximum Gasteiger partial charge on any atom is 0.325 e. The van der Waals surface area contributed by atoms with Crippen LogP contribution < -0.4 is 24.8 Å². The first-order chi connectivity index (χ1) is 15.7. The van der Waals surface area contributed by atoms with Gasteiger partial charge in [0.15, 0.2) is 18.1 Å². The van der Waals surface area contributed by atoms with E-state index in [-0.39, 0.29) is 23.1 Å². The zero-order valence-electron chi connectivity index (χ0n) is 18.5. The first-order valence-electron chi connectivity index (χ1n) is 9.68. The Hall–Kier alpha value is -3.17. The number of amides is 2. The van der Waals surface area contributed by atoms with Crippen LogP contribution in [-0.2, 0) is 14.3 Å². The molecule has 0 radical (unpaired) electrons. The van der Waals surface area contributed by atoms with Crippen molar-refractivity contribution in [2.24, 2.45) is 0 Å². The van der Waals surface area contributed by atoms with Gasteiger partial charge in [0.1, 0.15) is 6.54 Å². The molecule has 0 spiro atoms. The van der Waals surface area contributed by atoms with Crippen molar-refractivity contribution in [1.82, 2.24) is 10.6 Å². The summed E-state index contributed by atoms with van der Waals surface area (Å²) in [6.07, 6.45) is 0. The van der Waals surface area contributed by atoms with Gasteiger partial charge in [-0.2, -0.15) is 0 Å². The van der Waals surface area contributed by atoms with Crippen LogP contribution in [0.4, 0.5) is 0 Å². The number of esters is 1. The molecule has 0 aliphatic rings. The lowest BCUT2D eigenvalue weighted by molar-refractivity contribution is -0.147. The summed E-state index contributed by atoms with van der Waals surface area (Å²) in [7, 11) is 4.28. The van der Waals surface area contributed by atoms with E-state index in [9.17, 15) is 14.4 Å². The second-order valence-corrected chi connectivity index (χ2v) is 7.53. The lowest BCUT2D eigenvalue weighted by Gasteiger charge is -2.15. The van der Waals surface area contributed by atoms with Gasteiger partial charge in [0.25, 0.3) is 11.8 Å². The van der Waals surface area contributed by atoms with E-state index in [2.05, 4.69) is 10.6 Å². The van der Waals surface area contributed by atoms with Gasteiger partial charge in [-0.3, -0.25) is 14.4 Å².